The Morgan fingerprint density at radius 1 is 0.389 bits per heavy atom. The fourth-order valence-electron chi connectivity index (χ4n) is 5.28. The van der Waals surface area contributed by atoms with Crippen LogP contribution in [0.4, 0.5) is 0 Å². The molecule has 0 aromatic carbocycles. The van der Waals surface area contributed by atoms with E-state index in [9.17, 15) is 5.11 Å². The number of hydrogen-bond acceptors (Lipinski definition) is 2. The summed E-state index contributed by atoms with van der Waals surface area (Å²) in [5.74, 6) is 0. The van der Waals surface area contributed by atoms with Crippen molar-refractivity contribution in [1.82, 2.24) is 0 Å². The summed E-state index contributed by atoms with van der Waals surface area (Å²) in [7, 11) is 0. The Balaban J connectivity index is 3.12. The molecule has 0 fully saturated rings. The largest absolute Gasteiger partial charge is 0.391 e. The lowest BCUT2D eigenvalue weighted by Crippen LogP contribution is -2.15. The minimum atomic E-state index is -0.255. The van der Waals surface area contributed by atoms with Crippen molar-refractivity contribution >= 4 is 0 Å². The molecule has 0 aliphatic carbocycles. The van der Waals surface area contributed by atoms with Gasteiger partial charge in [-0.2, -0.15) is 0 Å². The van der Waals surface area contributed by atoms with Crippen LogP contribution >= 0.6 is 0 Å². The molecular weight excluding hydrogens is 440 g/mol. The molecule has 0 heterocycles. The monoisotopic (exact) mass is 511 g/mol. The van der Waals surface area contributed by atoms with E-state index in [0.29, 0.717) is 6.61 Å². The number of hydrogen-bond donors (Lipinski definition) is 1. The van der Waals surface area contributed by atoms with Crippen molar-refractivity contribution in [3.63, 3.8) is 0 Å². The highest BCUT2D eigenvalue weighted by Crippen LogP contribution is 2.15. The number of aliphatic hydroxyl groups excluding tert-OH is 1. The van der Waals surface area contributed by atoms with Gasteiger partial charge in [-0.05, 0) is 12.8 Å². The van der Waals surface area contributed by atoms with E-state index in [0.717, 1.165) is 25.9 Å². The number of unbranched alkanes of at least 4 members (excludes halogenated alkanes) is 26. The van der Waals surface area contributed by atoms with Gasteiger partial charge >= 0.3 is 0 Å². The van der Waals surface area contributed by atoms with Gasteiger partial charge in [-0.25, -0.2) is 0 Å². The maximum atomic E-state index is 10.1. The van der Waals surface area contributed by atoms with Gasteiger partial charge in [0.2, 0.25) is 0 Å². The lowest BCUT2D eigenvalue weighted by molar-refractivity contribution is 0.0297. The van der Waals surface area contributed by atoms with Gasteiger partial charge in [-0.1, -0.05) is 187 Å². The molecule has 1 atom stereocenters. The normalized spacial score (nSPS) is 12.4. The summed E-state index contributed by atoms with van der Waals surface area (Å²) in [5.41, 5.74) is 0. The molecule has 0 aromatic heterocycles. The fraction of sp³-hybridized carbons (Fsp3) is 1.00. The Kier molecular flexibility index (Phi) is 32.9. The van der Waals surface area contributed by atoms with Crippen LogP contribution in [0.25, 0.3) is 0 Å². The third kappa shape index (κ3) is 31.9. The molecule has 218 valence electrons. The maximum Gasteiger partial charge on any atom is 0.0773 e. The average molecular weight is 511 g/mol. The lowest BCUT2D eigenvalue weighted by atomic mass is 10.0. The maximum absolute atomic E-state index is 10.1. The van der Waals surface area contributed by atoms with E-state index in [-0.39, 0.29) is 6.10 Å². The van der Waals surface area contributed by atoms with Crippen molar-refractivity contribution in [3.05, 3.63) is 0 Å². The van der Waals surface area contributed by atoms with Crippen molar-refractivity contribution in [2.24, 2.45) is 0 Å². The van der Waals surface area contributed by atoms with Gasteiger partial charge in [0.05, 0.1) is 12.7 Å². The van der Waals surface area contributed by atoms with Crippen LogP contribution in [0, 0.1) is 0 Å². The van der Waals surface area contributed by atoms with E-state index in [4.69, 9.17) is 4.74 Å². The molecule has 0 amide bonds. The second-order valence-electron chi connectivity index (χ2n) is 11.7. The molecule has 1 N–H and O–H groups in total. The molecule has 0 aliphatic heterocycles. The number of ether oxygens (including phenoxy) is 1. The van der Waals surface area contributed by atoms with Crippen LogP contribution in [0.5, 0.6) is 0 Å². The minimum Gasteiger partial charge on any atom is -0.391 e. The Hall–Kier alpha value is -0.0800. The highest BCUT2D eigenvalue weighted by Gasteiger charge is 2.04. The van der Waals surface area contributed by atoms with E-state index >= 15 is 0 Å². The number of rotatable bonds is 32. The minimum absolute atomic E-state index is 0.255. The zero-order valence-electron chi connectivity index (χ0n) is 25.4. The van der Waals surface area contributed by atoms with Gasteiger partial charge in [0.15, 0.2) is 0 Å². The summed E-state index contributed by atoms with van der Waals surface area (Å²) in [6.45, 7) is 5.95. The molecule has 0 bridgehead atoms. The standard InChI is InChI=1S/C34H70O2/c1-3-5-7-9-11-13-15-17-18-19-20-22-24-26-28-30-32-36-33-34(35)31-29-27-25-23-21-16-14-12-10-8-6-4-2/h34-35H,3-33H2,1-2H3. The Bertz CT molecular complexity index is 370. The van der Waals surface area contributed by atoms with Gasteiger partial charge in [-0.15, -0.1) is 0 Å². The molecule has 36 heavy (non-hydrogen) atoms. The van der Waals surface area contributed by atoms with Crippen molar-refractivity contribution < 1.29 is 9.84 Å². The molecule has 0 radical (unpaired) electrons. The molecular formula is C34H70O2. The zero-order valence-corrected chi connectivity index (χ0v) is 25.4. The Morgan fingerprint density at radius 3 is 1.00 bits per heavy atom. The van der Waals surface area contributed by atoms with Crippen LogP contribution in [0.3, 0.4) is 0 Å². The van der Waals surface area contributed by atoms with Gasteiger partial charge in [-0.3, -0.25) is 0 Å². The molecule has 0 spiro atoms. The summed E-state index contributed by atoms with van der Waals surface area (Å²) in [6.07, 6.45) is 39.5. The zero-order chi connectivity index (χ0) is 26.2. The molecule has 2 heteroatoms. The van der Waals surface area contributed by atoms with Crippen LogP contribution in [0.15, 0.2) is 0 Å². The summed E-state index contributed by atoms with van der Waals surface area (Å²) in [5, 5.41) is 10.1. The van der Waals surface area contributed by atoms with Crippen molar-refractivity contribution in [2.75, 3.05) is 13.2 Å². The first-order valence-corrected chi connectivity index (χ1v) is 17.1. The predicted molar refractivity (Wildman–Crippen MR) is 162 cm³/mol. The first kappa shape index (κ1) is 35.9. The molecule has 0 saturated heterocycles. The fourth-order valence-corrected chi connectivity index (χ4v) is 5.28. The Morgan fingerprint density at radius 2 is 0.667 bits per heavy atom. The van der Waals surface area contributed by atoms with Gasteiger partial charge in [0, 0.05) is 6.61 Å². The topological polar surface area (TPSA) is 29.5 Å². The quantitative estimate of drug-likeness (QED) is 0.0911. The van der Waals surface area contributed by atoms with Crippen molar-refractivity contribution in [2.45, 2.75) is 206 Å². The van der Waals surface area contributed by atoms with Crippen molar-refractivity contribution in [1.29, 1.82) is 0 Å². The van der Waals surface area contributed by atoms with Gasteiger partial charge < -0.3 is 9.84 Å². The van der Waals surface area contributed by atoms with Crippen LogP contribution in [0.1, 0.15) is 200 Å². The summed E-state index contributed by atoms with van der Waals surface area (Å²) < 4.78 is 5.72. The van der Waals surface area contributed by atoms with E-state index < -0.39 is 0 Å². The highest BCUT2D eigenvalue weighted by molar-refractivity contribution is 4.56. The third-order valence-electron chi connectivity index (χ3n) is 7.84. The average Bonchev–Trinajstić information content (AvgIpc) is 2.88. The first-order valence-electron chi connectivity index (χ1n) is 17.1. The SMILES string of the molecule is CCCCCCCCCCCCCCCCCCOCC(O)CCCCCCCCCCCCCC. The van der Waals surface area contributed by atoms with Crippen molar-refractivity contribution in [3.8, 4) is 0 Å². The van der Waals surface area contributed by atoms with Crippen LogP contribution in [-0.4, -0.2) is 24.4 Å². The number of aliphatic hydroxyl groups is 1. The smallest absolute Gasteiger partial charge is 0.0773 e. The molecule has 2 nitrogen and oxygen atoms in total. The second-order valence-corrected chi connectivity index (χ2v) is 11.7. The molecule has 0 saturated carbocycles. The van der Waals surface area contributed by atoms with E-state index in [2.05, 4.69) is 13.8 Å². The van der Waals surface area contributed by atoms with Gasteiger partial charge in [0.1, 0.15) is 0 Å². The van der Waals surface area contributed by atoms with E-state index in [1.807, 2.05) is 0 Å². The molecule has 1 unspecified atom stereocenters. The van der Waals surface area contributed by atoms with Crippen LogP contribution in [-0.2, 0) is 4.74 Å². The second kappa shape index (κ2) is 32.9. The first-order chi connectivity index (χ1) is 17.8. The highest BCUT2D eigenvalue weighted by atomic mass is 16.5. The molecule has 0 aliphatic rings. The summed E-state index contributed by atoms with van der Waals surface area (Å²) in [4.78, 5) is 0. The summed E-state index contributed by atoms with van der Waals surface area (Å²) in [6, 6.07) is 0. The van der Waals surface area contributed by atoms with E-state index in [1.54, 1.807) is 0 Å². The summed E-state index contributed by atoms with van der Waals surface area (Å²) >= 11 is 0. The Labute approximate surface area is 229 Å². The molecule has 0 rings (SSSR count). The van der Waals surface area contributed by atoms with Crippen LogP contribution in [0.2, 0.25) is 0 Å². The third-order valence-corrected chi connectivity index (χ3v) is 7.84. The van der Waals surface area contributed by atoms with E-state index in [1.165, 1.54) is 167 Å². The van der Waals surface area contributed by atoms with Crippen LogP contribution < -0.4 is 0 Å². The molecule has 0 aromatic rings. The predicted octanol–water partition coefficient (Wildman–Crippen LogP) is 11.7. The lowest BCUT2D eigenvalue weighted by Gasteiger charge is -2.11. The van der Waals surface area contributed by atoms with Gasteiger partial charge in [0.25, 0.3) is 0 Å².